The summed E-state index contributed by atoms with van der Waals surface area (Å²) >= 11 is 0. The van der Waals surface area contributed by atoms with Crippen molar-refractivity contribution in [3.63, 3.8) is 0 Å². The number of phenolic OH excluding ortho intramolecular Hbond substituents is 1. The summed E-state index contributed by atoms with van der Waals surface area (Å²) in [6, 6.07) is 31.8. The predicted octanol–water partition coefficient (Wildman–Crippen LogP) is 12.7. The summed E-state index contributed by atoms with van der Waals surface area (Å²) < 4.78 is 13.7. The maximum Gasteiger partial charge on any atom is 0.340 e. The van der Waals surface area contributed by atoms with Gasteiger partial charge in [-0.2, -0.15) is 0 Å². The van der Waals surface area contributed by atoms with Crippen LogP contribution in [0.3, 0.4) is 0 Å². The number of hydrogen-bond donors (Lipinski definition) is 9. The molecule has 13 heteroatoms. The molecule has 508 valence electrons. The smallest absolute Gasteiger partial charge is 0.340 e. The highest BCUT2D eigenvalue weighted by Crippen LogP contribution is 2.73. The second-order valence-corrected chi connectivity index (χ2v) is 31.4. The van der Waals surface area contributed by atoms with Crippen molar-refractivity contribution in [2.75, 3.05) is 39.8 Å². The van der Waals surface area contributed by atoms with Gasteiger partial charge >= 0.3 is 11.9 Å². The predicted molar refractivity (Wildman–Crippen MR) is 375 cm³/mol. The lowest BCUT2D eigenvalue weighted by Gasteiger charge is -2.56. The maximum atomic E-state index is 15.7. The van der Waals surface area contributed by atoms with E-state index in [0.717, 1.165) is 174 Å². The zero-order valence-electron chi connectivity index (χ0n) is 56.8. The van der Waals surface area contributed by atoms with Crippen LogP contribution in [0, 0.1) is 75.9 Å². The van der Waals surface area contributed by atoms with Crippen LogP contribution in [-0.4, -0.2) is 89.6 Å². The van der Waals surface area contributed by atoms with Crippen molar-refractivity contribution in [3.05, 3.63) is 165 Å². The van der Waals surface area contributed by atoms with Crippen LogP contribution in [0.25, 0.3) is 16.7 Å². The van der Waals surface area contributed by atoms with Gasteiger partial charge < -0.3 is 56.5 Å². The fourth-order valence-corrected chi connectivity index (χ4v) is 21.4. The Kier molecular flexibility index (Phi) is 18.8. The zero-order valence-corrected chi connectivity index (χ0v) is 56.8. The number of piperidine rings is 1. The molecule has 6 aliphatic heterocycles. The van der Waals surface area contributed by atoms with Crippen molar-refractivity contribution >= 4 is 17.5 Å². The number of esters is 2. The highest BCUT2D eigenvalue weighted by molar-refractivity contribution is 6.07. The molecule has 96 heavy (non-hydrogen) atoms. The number of benzene rings is 4. The van der Waals surface area contributed by atoms with E-state index >= 15 is 9.59 Å². The lowest BCUT2D eigenvalue weighted by molar-refractivity contribution is -0.135. The van der Waals surface area contributed by atoms with Crippen LogP contribution >= 0.6 is 0 Å². The summed E-state index contributed by atoms with van der Waals surface area (Å²) in [6.07, 6.45) is 23.6. The second kappa shape index (κ2) is 27.5. The lowest BCUT2D eigenvalue weighted by Crippen LogP contribution is -2.52. The molecule has 9 N–H and O–H groups in total. The van der Waals surface area contributed by atoms with Crippen LogP contribution in [0.2, 0.25) is 0 Å². The summed E-state index contributed by atoms with van der Waals surface area (Å²) in [4.78, 5) is 31.3. The van der Waals surface area contributed by atoms with Gasteiger partial charge in [-0.25, -0.2) is 9.59 Å². The van der Waals surface area contributed by atoms with Gasteiger partial charge in [-0.1, -0.05) is 117 Å². The van der Waals surface area contributed by atoms with E-state index in [-0.39, 0.29) is 77.4 Å². The molecule has 1 spiro atoms. The summed E-state index contributed by atoms with van der Waals surface area (Å²) in [5.74, 6) is 7.80. The quantitative estimate of drug-likeness (QED) is 0.0349. The normalized spacial score (nSPS) is 33.9. The minimum Gasteiger partial charge on any atom is -0.508 e. The first-order valence-corrected chi connectivity index (χ1v) is 37.3. The molecule has 0 amide bonds. The van der Waals surface area contributed by atoms with Crippen LogP contribution in [0.1, 0.15) is 181 Å². The Morgan fingerprint density at radius 1 is 0.771 bits per heavy atom. The molecule has 7 aliphatic carbocycles. The van der Waals surface area contributed by atoms with Crippen molar-refractivity contribution in [1.82, 2.24) is 26.6 Å². The largest absolute Gasteiger partial charge is 0.508 e. The van der Waals surface area contributed by atoms with E-state index < -0.39 is 28.5 Å². The van der Waals surface area contributed by atoms with Gasteiger partial charge in [0.25, 0.3) is 0 Å². The average molecular weight is 1300 g/mol. The Balaban J connectivity index is 0.920. The molecule has 4 aromatic rings. The van der Waals surface area contributed by atoms with Crippen molar-refractivity contribution in [3.8, 4) is 28.7 Å². The molecule has 6 fully saturated rings. The zero-order chi connectivity index (χ0) is 65.8. The molecule has 14 bridgehead atoms. The number of β-amino-alcohol motifs (C(OH)–C–C–N with tert-alkyl or cyclic N) is 1. The number of aliphatic hydroxyl groups excluding tert-OH is 1. The number of aliphatic hydroxyl groups is 3. The summed E-state index contributed by atoms with van der Waals surface area (Å²) in [5.41, 5.74) is 8.71. The number of rotatable bonds is 13. The number of hydrogen-bond acceptors (Lipinski definition) is 13. The van der Waals surface area contributed by atoms with Crippen LogP contribution in [0.5, 0.6) is 5.75 Å². The molecule has 2 saturated heterocycles. The topological polar surface area (TPSA) is 194 Å². The van der Waals surface area contributed by atoms with Crippen molar-refractivity contribution < 1.29 is 39.5 Å². The SMILES string of the molecule is CCCNCc1cc2cc(c1)[C@@H]1NC[C@@](O)(C3CCCC3)CC#C[C@H](C3(O)CCCC3)C[C@@H]3C[C@@]([C@@H]4CCN[C@H](NC)C4)(C/C=C4\OC(=O)C5=C4CC[C@H]4[C@H]6CC[C@]7(C(=C6c6cc(O)ccc6-c6cccc(c6)CNCC2)C(=O)O/C7=C\[C@H](CCO)Cc2ccccc2)[C@@H]54)C[C@H]31. The van der Waals surface area contributed by atoms with Gasteiger partial charge in [0.1, 0.15) is 17.3 Å². The Labute approximate surface area is 569 Å². The van der Waals surface area contributed by atoms with Gasteiger partial charge in [-0.15, -0.1) is 0 Å². The molecule has 4 saturated carbocycles. The molecule has 0 unspecified atom stereocenters. The van der Waals surface area contributed by atoms with E-state index in [2.05, 4.69) is 119 Å². The van der Waals surface area contributed by atoms with E-state index in [1.807, 2.05) is 30.3 Å². The third-order valence-electron chi connectivity index (χ3n) is 25.9. The van der Waals surface area contributed by atoms with Crippen molar-refractivity contribution in [2.45, 2.75) is 191 Å². The maximum absolute atomic E-state index is 15.7. The third-order valence-corrected chi connectivity index (χ3v) is 25.9. The third kappa shape index (κ3) is 12.3. The highest BCUT2D eigenvalue weighted by atomic mass is 16.6. The van der Waals surface area contributed by atoms with Crippen molar-refractivity contribution in [1.29, 1.82) is 0 Å². The average Bonchev–Trinajstić information content (AvgIpc) is 1.41. The Hall–Kier alpha value is -6.18. The van der Waals surface area contributed by atoms with Gasteiger partial charge in [-0.05, 0) is 270 Å². The number of carbonyl (C=O) groups is 2. The number of nitrogens with one attached hydrogen (secondary N) is 5. The van der Waals surface area contributed by atoms with Crippen LogP contribution in [0.4, 0.5) is 0 Å². The number of allylic oxidation sites excluding steroid dienone is 5. The second-order valence-electron chi connectivity index (χ2n) is 31.4. The summed E-state index contributed by atoms with van der Waals surface area (Å²) in [7, 11) is 2.07. The van der Waals surface area contributed by atoms with Gasteiger partial charge in [0.05, 0.1) is 28.4 Å². The molecular formula is C83H103N5O8. The van der Waals surface area contributed by atoms with E-state index in [0.29, 0.717) is 80.2 Å². The van der Waals surface area contributed by atoms with E-state index in [9.17, 15) is 20.4 Å². The molecule has 6 heterocycles. The van der Waals surface area contributed by atoms with E-state index in [1.54, 1.807) is 6.07 Å². The monoisotopic (exact) mass is 1300 g/mol. The summed E-state index contributed by atoms with van der Waals surface area (Å²) in [5, 5.41) is 68.1. The van der Waals surface area contributed by atoms with Gasteiger partial charge in [0, 0.05) is 61.7 Å². The number of ether oxygens (including phenoxy) is 2. The number of fused-ring (bicyclic) bond motifs is 5. The first-order chi connectivity index (χ1) is 46.8. The van der Waals surface area contributed by atoms with E-state index in [1.165, 1.54) is 16.7 Å². The fourth-order valence-electron chi connectivity index (χ4n) is 21.4. The molecular weight excluding hydrogens is 1190 g/mol. The highest BCUT2D eigenvalue weighted by Gasteiger charge is 2.69. The summed E-state index contributed by atoms with van der Waals surface area (Å²) in [6.45, 7) is 6.53. The molecule has 13 aliphatic rings. The Morgan fingerprint density at radius 2 is 1.62 bits per heavy atom. The molecule has 13 nitrogen and oxygen atoms in total. The first kappa shape index (κ1) is 65.7. The lowest BCUT2D eigenvalue weighted by atomic mass is 9.44. The van der Waals surface area contributed by atoms with E-state index in [4.69, 9.17) is 9.47 Å². The minimum atomic E-state index is -1.04. The van der Waals surface area contributed by atoms with Crippen LogP contribution in [-0.2, 0) is 45.0 Å². The number of phenols is 1. The van der Waals surface area contributed by atoms with Gasteiger partial charge in [0.15, 0.2) is 0 Å². The number of aromatic hydroxyl groups is 1. The Bertz CT molecular complexity index is 3770. The first-order valence-electron chi connectivity index (χ1n) is 37.3. The number of carbonyl (C=O) groups excluding carboxylic acids is 2. The van der Waals surface area contributed by atoms with Crippen LogP contribution < -0.4 is 26.6 Å². The van der Waals surface area contributed by atoms with Gasteiger partial charge in [-0.3, -0.25) is 0 Å². The molecule has 13 atom stereocenters. The van der Waals surface area contributed by atoms with Crippen molar-refractivity contribution in [2.24, 2.45) is 64.1 Å². The molecule has 0 aromatic heterocycles. The molecule has 17 rings (SSSR count). The Morgan fingerprint density at radius 3 is 2.45 bits per heavy atom. The minimum absolute atomic E-state index is 0.0418. The molecule has 4 aromatic carbocycles. The van der Waals surface area contributed by atoms with Gasteiger partial charge in [0.2, 0.25) is 0 Å². The molecule has 0 radical (unpaired) electrons. The fraction of sp³-hybridized carbons (Fsp3) is 0.566. The number of cyclic esters (lactones) is 1. The standard InChI is InChI=1S/C83H103N5O8/c1-3-34-85-50-56-39-53-26-35-86-49-55-15-11-16-57(41-55)64-21-20-63(90)46-68(64)73-65-24-33-83(71(96-79(92)76(73)83)43-54(28-37-89)38-52-13-5-4-6-14-52)75-66(65)22-23-67-70(95-78(91)74(67)75)25-32-80(61-27-36-87-72(45-61)84-2)47-59-44-62(81(93)29-9-10-30-81)19-12-31-82(94,60-17-7-8-18-60)51-88-77(69(59)48-80)58(40-53)42-56/h4-6,11,13-16,20-21,25,39-43,46,54,59-62,65-66,69,72,75,77,84-90,93-94H,3,7-10,17-18,22-24,26-38,44-45,47-51H2,1-2H3/b70-25-,71-43-/t54-,59-,61-,62+,65-,66+,69-,72+,75-,77+,80+,82-,83-/m1/s1. The van der Waals surface area contributed by atoms with Crippen LogP contribution in [0.15, 0.2) is 131 Å².